The van der Waals surface area contributed by atoms with Gasteiger partial charge in [-0.2, -0.15) is 0 Å². The third-order valence-corrected chi connectivity index (χ3v) is 3.61. The van der Waals surface area contributed by atoms with E-state index in [1.165, 1.54) is 0 Å². The third kappa shape index (κ3) is 2.48. The summed E-state index contributed by atoms with van der Waals surface area (Å²) in [6, 6.07) is 15.5. The van der Waals surface area contributed by atoms with Gasteiger partial charge in [-0.05, 0) is 18.6 Å². The summed E-state index contributed by atoms with van der Waals surface area (Å²) in [5, 5.41) is 0.627. The van der Waals surface area contributed by atoms with E-state index in [-0.39, 0.29) is 0 Å². The molecule has 2 aromatic carbocycles. The standard InChI is InChI=1S/C17H13ClN2O/c1-12-6-5-9-15(18)16(12)20-10-14(11-21)19-17(20)13-7-3-2-4-8-13/h2-11H,1H3. The molecule has 0 aliphatic rings. The van der Waals surface area contributed by atoms with Crippen molar-refractivity contribution in [3.63, 3.8) is 0 Å². The molecule has 0 bridgehead atoms. The fourth-order valence-corrected chi connectivity index (χ4v) is 2.66. The van der Waals surface area contributed by atoms with Crippen molar-refractivity contribution in [3.05, 3.63) is 71.0 Å². The summed E-state index contributed by atoms with van der Waals surface area (Å²) in [7, 11) is 0. The number of aromatic nitrogens is 2. The van der Waals surface area contributed by atoms with E-state index in [9.17, 15) is 4.79 Å². The van der Waals surface area contributed by atoms with Crippen molar-refractivity contribution in [2.75, 3.05) is 0 Å². The molecule has 21 heavy (non-hydrogen) atoms. The molecule has 0 saturated carbocycles. The van der Waals surface area contributed by atoms with E-state index >= 15 is 0 Å². The van der Waals surface area contributed by atoms with Crippen molar-refractivity contribution in [2.45, 2.75) is 6.92 Å². The average Bonchev–Trinajstić information content (AvgIpc) is 2.92. The first-order valence-electron chi connectivity index (χ1n) is 6.56. The van der Waals surface area contributed by atoms with Crippen molar-refractivity contribution >= 4 is 17.9 Å². The van der Waals surface area contributed by atoms with Gasteiger partial charge in [-0.25, -0.2) is 4.98 Å². The van der Waals surface area contributed by atoms with Crippen molar-refractivity contribution in [1.29, 1.82) is 0 Å². The molecular weight excluding hydrogens is 284 g/mol. The van der Waals surface area contributed by atoms with E-state index in [0.717, 1.165) is 23.1 Å². The van der Waals surface area contributed by atoms with E-state index in [4.69, 9.17) is 11.6 Å². The Bertz CT molecular complexity index is 774. The number of carbonyl (C=O) groups is 1. The first-order chi connectivity index (χ1) is 10.2. The van der Waals surface area contributed by atoms with Crippen LogP contribution in [0.2, 0.25) is 5.02 Å². The number of para-hydroxylation sites is 1. The van der Waals surface area contributed by atoms with E-state index in [0.29, 0.717) is 16.5 Å². The van der Waals surface area contributed by atoms with Gasteiger partial charge >= 0.3 is 0 Å². The lowest BCUT2D eigenvalue weighted by atomic mass is 10.1. The number of hydrogen-bond acceptors (Lipinski definition) is 2. The Morgan fingerprint density at radius 2 is 1.86 bits per heavy atom. The monoisotopic (exact) mass is 296 g/mol. The van der Waals surface area contributed by atoms with Crippen LogP contribution in [0.5, 0.6) is 0 Å². The van der Waals surface area contributed by atoms with Gasteiger partial charge in [0.1, 0.15) is 11.5 Å². The fraction of sp³-hybridized carbons (Fsp3) is 0.0588. The van der Waals surface area contributed by atoms with Gasteiger partial charge in [0.2, 0.25) is 0 Å². The van der Waals surface area contributed by atoms with Crippen molar-refractivity contribution in [1.82, 2.24) is 9.55 Å². The minimum Gasteiger partial charge on any atom is -0.297 e. The van der Waals surface area contributed by atoms with Crippen LogP contribution in [0.3, 0.4) is 0 Å². The molecule has 3 rings (SSSR count). The first kappa shape index (κ1) is 13.6. The van der Waals surface area contributed by atoms with Crippen LogP contribution >= 0.6 is 11.6 Å². The number of hydrogen-bond donors (Lipinski definition) is 0. The van der Waals surface area contributed by atoms with E-state index < -0.39 is 0 Å². The van der Waals surface area contributed by atoms with Crippen LogP contribution in [-0.2, 0) is 0 Å². The zero-order chi connectivity index (χ0) is 14.8. The Morgan fingerprint density at radius 1 is 1.10 bits per heavy atom. The number of aryl methyl sites for hydroxylation is 1. The number of carbonyl (C=O) groups excluding carboxylic acids is 1. The van der Waals surface area contributed by atoms with Gasteiger partial charge in [0.05, 0.1) is 10.7 Å². The second-order valence-electron chi connectivity index (χ2n) is 4.75. The zero-order valence-electron chi connectivity index (χ0n) is 11.5. The molecular formula is C17H13ClN2O. The van der Waals surface area contributed by atoms with Gasteiger partial charge in [0, 0.05) is 11.8 Å². The van der Waals surface area contributed by atoms with Crippen LogP contribution in [0.15, 0.2) is 54.7 Å². The lowest BCUT2D eigenvalue weighted by Gasteiger charge is -2.12. The van der Waals surface area contributed by atoms with Gasteiger partial charge in [0.15, 0.2) is 6.29 Å². The Balaban J connectivity index is 2.28. The SMILES string of the molecule is Cc1cccc(Cl)c1-n1cc(C=O)nc1-c1ccccc1. The second-order valence-corrected chi connectivity index (χ2v) is 5.16. The molecule has 0 aliphatic carbocycles. The topological polar surface area (TPSA) is 34.9 Å². The molecule has 1 aromatic heterocycles. The second kappa shape index (κ2) is 5.54. The molecule has 4 heteroatoms. The lowest BCUT2D eigenvalue weighted by Crippen LogP contribution is -1.99. The quantitative estimate of drug-likeness (QED) is 0.675. The summed E-state index contributed by atoms with van der Waals surface area (Å²) in [5.74, 6) is 0.703. The maximum absolute atomic E-state index is 11.1. The highest BCUT2D eigenvalue weighted by atomic mass is 35.5. The van der Waals surface area contributed by atoms with Crippen molar-refractivity contribution < 1.29 is 4.79 Å². The average molecular weight is 297 g/mol. The van der Waals surface area contributed by atoms with Crippen LogP contribution in [0.1, 0.15) is 16.1 Å². The minimum atomic E-state index is 0.383. The van der Waals surface area contributed by atoms with E-state index in [1.807, 2.05) is 60.0 Å². The maximum Gasteiger partial charge on any atom is 0.170 e. The Kier molecular flexibility index (Phi) is 3.59. The predicted molar refractivity (Wildman–Crippen MR) is 84.1 cm³/mol. The van der Waals surface area contributed by atoms with E-state index in [2.05, 4.69) is 4.98 Å². The summed E-state index contributed by atoms with van der Waals surface area (Å²) in [6.07, 6.45) is 2.46. The molecule has 0 spiro atoms. The van der Waals surface area contributed by atoms with Gasteiger partial charge < -0.3 is 0 Å². The lowest BCUT2D eigenvalue weighted by molar-refractivity contribution is 0.111. The highest BCUT2D eigenvalue weighted by Crippen LogP contribution is 2.29. The summed E-state index contributed by atoms with van der Waals surface area (Å²) in [4.78, 5) is 15.5. The molecule has 0 unspecified atom stereocenters. The largest absolute Gasteiger partial charge is 0.297 e. The molecule has 0 amide bonds. The van der Waals surface area contributed by atoms with Gasteiger partial charge in [-0.1, -0.05) is 54.1 Å². The normalized spacial score (nSPS) is 10.6. The predicted octanol–water partition coefficient (Wildman–Crippen LogP) is 4.31. The Labute approximate surface area is 127 Å². The number of rotatable bonds is 3. The van der Waals surface area contributed by atoms with Crippen LogP contribution in [0.25, 0.3) is 17.1 Å². The Hall–Kier alpha value is -2.39. The van der Waals surface area contributed by atoms with Gasteiger partial charge in [0.25, 0.3) is 0 Å². The maximum atomic E-state index is 11.1. The summed E-state index contributed by atoms with van der Waals surface area (Å²) in [5.41, 5.74) is 3.19. The minimum absolute atomic E-state index is 0.383. The first-order valence-corrected chi connectivity index (χ1v) is 6.94. The third-order valence-electron chi connectivity index (χ3n) is 3.31. The molecule has 1 heterocycles. The molecule has 104 valence electrons. The van der Waals surface area contributed by atoms with Crippen LogP contribution in [-0.4, -0.2) is 15.8 Å². The molecule has 0 aliphatic heterocycles. The molecule has 0 fully saturated rings. The van der Waals surface area contributed by atoms with Crippen molar-refractivity contribution in [2.24, 2.45) is 0 Å². The van der Waals surface area contributed by atoms with Crippen molar-refractivity contribution in [3.8, 4) is 17.1 Å². The summed E-state index contributed by atoms with van der Waals surface area (Å²) < 4.78 is 1.87. The fourth-order valence-electron chi connectivity index (χ4n) is 2.34. The smallest absolute Gasteiger partial charge is 0.170 e. The molecule has 0 N–H and O–H groups in total. The number of benzene rings is 2. The number of nitrogens with zero attached hydrogens (tertiary/aromatic N) is 2. The molecule has 0 saturated heterocycles. The highest BCUT2D eigenvalue weighted by Gasteiger charge is 2.15. The van der Waals surface area contributed by atoms with E-state index in [1.54, 1.807) is 6.20 Å². The van der Waals surface area contributed by atoms with Crippen LogP contribution in [0.4, 0.5) is 0 Å². The molecule has 3 nitrogen and oxygen atoms in total. The molecule has 0 radical (unpaired) electrons. The Morgan fingerprint density at radius 3 is 2.52 bits per heavy atom. The summed E-state index contributed by atoms with van der Waals surface area (Å²) in [6.45, 7) is 1.98. The molecule has 3 aromatic rings. The number of aldehydes is 1. The zero-order valence-corrected chi connectivity index (χ0v) is 12.2. The van der Waals surface area contributed by atoms with Crippen LogP contribution < -0.4 is 0 Å². The summed E-state index contributed by atoms with van der Waals surface area (Å²) >= 11 is 6.34. The van der Waals surface area contributed by atoms with Crippen LogP contribution in [0, 0.1) is 6.92 Å². The highest BCUT2D eigenvalue weighted by molar-refractivity contribution is 6.32. The van der Waals surface area contributed by atoms with Gasteiger partial charge in [-0.15, -0.1) is 0 Å². The molecule has 0 atom stereocenters. The number of halogens is 1. The number of imidazole rings is 1. The van der Waals surface area contributed by atoms with Gasteiger partial charge in [-0.3, -0.25) is 9.36 Å².